The van der Waals surface area contributed by atoms with E-state index in [-0.39, 0.29) is 34.2 Å². The number of hydrogen-bond donors (Lipinski definition) is 2. The van der Waals surface area contributed by atoms with Gasteiger partial charge in [-0.25, -0.2) is 17.5 Å². The first-order chi connectivity index (χ1) is 15.2. The van der Waals surface area contributed by atoms with Crippen molar-refractivity contribution < 1.29 is 22.3 Å². The van der Waals surface area contributed by atoms with E-state index in [9.17, 15) is 17.6 Å². The van der Waals surface area contributed by atoms with Gasteiger partial charge in [0.05, 0.1) is 30.8 Å². The average Bonchev–Trinajstić information content (AvgIpc) is 3.21. The van der Waals surface area contributed by atoms with Crippen molar-refractivity contribution in [2.45, 2.75) is 17.4 Å². The topological polar surface area (TPSA) is 102 Å². The maximum atomic E-state index is 14.4. The molecule has 0 fully saturated rings. The van der Waals surface area contributed by atoms with E-state index in [1.54, 1.807) is 37.4 Å². The molecule has 0 radical (unpaired) electrons. The summed E-state index contributed by atoms with van der Waals surface area (Å²) < 4.78 is 48.3. The number of nitrogens with one attached hydrogen (secondary N) is 2. The highest BCUT2D eigenvalue weighted by atomic mass is 35.5. The predicted molar refractivity (Wildman–Crippen MR) is 117 cm³/mol. The molecular formula is C21H22ClFN4O4S. The summed E-state index contributed by atoms with van der Waals surface area (Å²) >= 11 is 6.10. The molecule has 170 valence electrons. The fourth-order valence-corrected chi connectivity index (χ4v) is 4.32. The molecule has 2 N–H and O–H groups in total. The van der Waals surface area contributed by atoms with Crippen LogP contribution in [0.15, 0.2) is 59.8 Å². The fraction of sp³-hybridized carbons (Fsp3) is 0.238. The Balaban J connectivity index is 1.76. The highest BCUT2D eigenvalue weighted by Crippen LogP contribution is 2.26. The molecule has 0 spiro atoms. The molecule has 1 heterocycles. The van der Waals surface area contributed by atoms with E-state index < -0.39 is 27.8 Å². The molecule has 0 saturated heterocycles. The van der Waals surface area contributed by atoms with Crippen molar-refractivity contribution in [2.75, 3.05) is 13.7 Å². The van der Waals surface area contributed by atoms with Gasteiger partial charge >= 0.3 is 0 Å². The third-order valence-electron chi connectivity index (χ3n) is 4.69. The molecule has 3 aromatic rings. The number of carbonyl (C=O) groups is 1. The zero-order valence-electron chi connectivity index (χ0n) is 17.4. The summed E-state index contributed by atoms with van der Waals surface area (Å²) in [6.07, 6.45) is 2.27. The van der Waals surface area contributed by atoms with Crippen molar-refractivity contribution in [3.8, 4) is 5.75 Å². The molecule has 1 aromatic heterocycles. The molecule has 0 aliphatic heterocycles. The van der Waals surface area contributed by atoms with Crippen LogP contribution in [0.4, 0.5) is 4.39 Å². The maximum absolute atomic E-state index is 14.4. The van der Waals surface area contributed by atoms with Crippen LogP contribution in [-0.4, -0.2) is 37.8 Å². The molecule has 11 heteroatoms. The minimum absolute atomic E-state index is 0.00484. The minimum atomic E-state index is -3.84. The zero-order valence-corrected chi connectivity index (χ0v) is 19.0. The standard InChI is InChI=1S/C21H22ClFN4O4S/c1-27-13-16(11-24-27)32(29,30)25-12-20(14-6-4-3-5-7-14)26-21(28)10-17-18(22)8-15(31-2)9-19(17)23/h3-9,11,13,20,25H,10,12H2,1-2H3,(H,26,28). The van der Waals surface area contributed by atoms with Crippen molar-refractivity contribution in [2.24, 2.45) is 7.05 Å². The number of nitrogens with zero attached hydrogens (tertiary/aromatic N) is 2. The van der Waals surface area contributed by atoms with E-state index >= 15 is 0 Å². The summed E-state index contributed by atoms with van der Waals surface area (Å²) in [7, 11) is -0.848. The maximum Gasteiger partial charge on any atom is 0.243 e. The first-order valence-electron chi connectivity index (χ1n) is 9.54. The molecule has 0 aliphatic carbocycles. The zero-order chi connectivity index (χ0) is 23.3. The second-order valence-electron chi connectivity index (χ2n) is 6.98. The van der Waals surface area contributed by atoms with Crippen LogP contribution in [0.25, 0.3) is 0 Å². The number of rotatable bonds is 9. The van der Waals surface area contributed by atoms with Crippen LogP contribution >= 0.6 is 11.6 Å². The summed E-state index contributed by atoms with van der Waals surface area (Å²) in [5, 5.41) is 6.67. The van der Waals surface area contributed by atoms with Crippen LogP contribution in [0.1, 0.15) is 17.2 Å². The molecule has 8 nitrogen and oxygen atoms in total. The molecule has 1 amide bonds. The molecular weight excluding hydrogens is 459 g/mol. The normalized spacial score (nSPS) is 12.4. The largest absolute Gasteiger partial charge is 0.497 e. The van der Waals surface area contributed by atoms with Crippen molar-refractivity contribution in [3.05, 3.63) is 76.8 Å². The van der Waals surface area contributed by atoms with Gasteiger partial charge < -0.3 is 10.1 Å². The van der Waals surface area contributed by atoms with Gasteiger partial charge in [0.2, 0.25) is 15.9 Å². The third kappa shape index (κ3) is 5.84. The summed E-state index contributed by atoms with van der Waals surface area (Å²) in [6.45, 7) is -0.119. The van der Waals surface area contributed by atoms with Crippen LogP contribution in [0, 0.1) is 5.82 Å². The van der Waals surface area contributed by atoms with Gasteiger partial charge in [-0.1, -0.05) is 41.9 Å². The molecule has 0 bridgehead atoms. The Hall–Kier alpha value is -2.95. The number of hydrogen-bond acceptors (Lipinski definition) is 5. The van der Waals surface area contributed by atoms with Crippen LogP contribution in [0.5, 0.6) is 5.75 Å². The lowest BCUT2D eigenvalue weighted by Gasteiger charge is -2.20. The highest BCUT2D eigenvalue weighted by molar-refractivity contribution is 7.89. The SMILES string of the molecule is COc1cc(F)c(CC(=O)NC(CNS(=O)(=O)c2cnn(C)c2)c2ccccc2)c(Cl)c1. The third-order valence-corrected chi connectivity index (χ3v) is 6.41. The quantitative estimate of drug-likeness (QED) is 0.490. The monoisotopic (exact) mass is 480 g/mol. The van der Waals surface area contributed by atoms with E-state index in [1.165, 1.54) is 30.3 Å². The Kier molecular flexibility index (Phi) is 7.49. The van der Waals surface area contributed by atoms with Crippen LogP contribution in [-0.2, 0) is 28.3 Å². The number of methoxy groups -OCH3 is 1. The lowest BCUT2D eigenvalue weighted by molar-refractivity contribution is -0.121. The van der Waals surface area contributed by atoms with E-state index in [4.69, 9.17) is 16.3 Å². The molecule has 2 aromatic carbocycles. The molecule has 0 aliphatic rings. The second kappa shape index (κ2) is 10.1. The van der Waals surface area contributed by atoms with Gasteiger partial charge in [-0.15, -0.1) is 0 Å². The van der Waals surface area contributed by atoms with Gasteiger partial charge in [-0.2, -0.15) is 5.10 Å². The number of benzene rings is 2. The summed E-state index contributed by atoms with van der Waals surface area (Å²) in [4.78, 5) is 12.7. The van der Waals surface area contributed by atoms with E-state index in [1.807, 2.05) is 0 Å². The summed E-state index contributed by atoms with van der Waals surface area (Å²) in [5.74, 6) is -0.952. The summed E-state index contributed by atoms with van der Waals surface area (Å²) in [6, 6.07) is 10.7. The Morgan fingerprint density at radius 1 is 1.28 bits per heavy atom. The minimum Gasteiger partial charge on any atom is -0.497 e. The summed E-state index contributed by atoms with van der Waals surface area (Å²) in [5.41, 5.74) is 0.698. The van der Waals surface area contributed by atoms with Crippen LogP contribution < -0.4 is 14.8 Å². The molecule has 0 saturated carbocycles. The number of aromatic nitrogens is 2. The predicted octanol–water partition coefficient (Wildman–Crippen LogP) is 2.60. The number of sulfonamides is 1. The lowest BCUT2D eigenvalue weighted by Crippen LogP contribution is -2.38. The number of amides is 1. The van der Waals surface area contributed by atoms with E-state index in [0.717, 1.165) is 6.07 Å². The van der Waals surface area contributed by atoms with Crippen molar-refractivity contribution in [1.82, 2.24) is 19.8 Å². The molecule has 32 heavy (non-hydrogen) atoms. The van der Waals surface area contributed by atoms with Gasteiger partial charge in [-0.3, -0.25) is 9.48 Å². The van der Waals surface area contributed by atoms with Gasteiger partial charge in [0.1, 0.15) is 16.5 Å². The number of aryl methyl sites for hydroxylation is 1. The molecule has 3 rings (SSSR count). The Bertz CT molecular complexity index is 1180. The fourth-order valence-electron chi connectivity index (χ4n) is 3.02. The highest BCUT2D eigenvalue weighted by Gasteiger charge is 2.22. The van der Waals surface area contributed by atoms with Crippen molar-refractivity contribution in [3.63, 3.8) is 0 Å². The van der Waals surface area contributed by atoms with Crippen molar-refractivity contribution in [1.29, 1.82) is 0 Å². The lowest BCUT2D eigenvalue weighted by atomic mass is 10.1. The van der Waals surface area contributed by atoms with Gasteiger partial charge in [0.25, 0.3) is 0 Å². The van der Waals surface area contributed by atoms with Gasteiger partial charge in [0.15, 0.2) is 0 Å². The smallest absolute Gasteiger partial charge is 0.243 e. The van der Waals surface area contributed by atoms with E-state index in [0.29, 0.717) is 5.56 Å². The number of halogens is 2. The van der Waals surface area contributed by atoms with Crippen LogP contribution in [0.3, 0.4) is 0 Å². The average molecular weight is 481 g/mol. The van der Waals surface area contributed by atoms with E-state index in [2.05, 4.69) is 15.1 Å². The van der Waals surface area contributed by atoms with Gasteiger partial charge in [-0.05, 0) is 11.6 Å². The number of ether oxygens (including phenoxy) is 1. The number of carbonyl (C=O) groups excluding carboxylic acids is 1. The Morgan fingerprint density at radius 3 is 2.59 bits per heavy atom. The molecule has 1 atom stereocenters. The van der Waals surface area contributed by atoms with Crippen molar-refractivity contribution >= 4 is 27.5 Å². The van der Waals surface area contributed by atoms with Gasteiger partial charge in [0, 0.05) is 31.4 Å². The first-order valence-corrected chi connectivity index (χ1v) is 11.4. The Morgan fingerprint density at radius 2 is 2.00 bits per heavy atom. The van der Waals surface area contributed by atoms with Crippen LogP contribution in [0.2, 0.25) is 5.02 Å². The Labute approximate surface area is 190 Å². The first kappa shape index (κ1) is 23.7. The second-order valence-corrected chi connectivity index (χ2v) is 9.15. The molecule has 1 unspecified atom stereocenters.